The van der Waals surface area contributed by atoms with E-state index in [1.807, 2.05) is 52.8 Å². The number of hydrogen-bond acceptors (Lipinski definition) is 3. The molecule has 0 unspecified atom stereocenters. The van der Waals surface area contributed by atoms with Crippen LogP contribution in [-0.2, 0) is 4.79 Å². The average molecular weight is 428 g/mol. The van der Waals surface area contributed by atoms with Crippen LogP contribution in [0.15, 0.2) is 47.3 Å². The number of para-hydroxylation sites is 2. The van der Waals surface area contributed by atoms with Crippen molar-refractivity contribution in [3.05, 3.63) is 63.5 Å². The number of aromatic amines is 1. The number of amides is 1. The molecule has 2 heterocycles. The molecule has 2 aromatic carbocycles. The minimum absolute atomic E-state index is 0.0735. The largest absolute Gasteiger partial charge is 0.493 e. The summed E-state index contributed by atoms with van der Waals surface area (Å²) in [6.07, 6.45) is 2.70. The molecular formula is C23H26ClN3O3. The predicted octanol–water partition coefficient (Wildman–Crippen LogP) is 4.31. The summed E-state index contributed by atoms with van der Waals surface area (Å²) in [4.78, 5) is 29.8. The van der Waals surface area contributed by atoms with Crippen LogP contribution in [0.3, 0.4) is 0 Å². The molecule has 0 spiro atoms. The monoisotopic (exact) mass is 427 g/mol. The number of aromatic nitrogens is 2. The van der Waals surface area contributed by atoms with Crippen molar-refractivity contribution in [1.29, 1.82) is 0 Å². The molecule has 0 aliphatic carbocycles. The summed E-state index contributed by atoms with van der Waals surface area (Å²) in [5.41, 5.74) is 2.71. The van der Waals surface area contributed by atoms with Gasteiger partial charge in [0.25, 0.3) is 0 Å². The molecule has 4 rings (SSSR count). The topological polar surface area (TPSA) is 67.3 Å². The van der Waals surface area contributed by atoms with E-state index in [2.05, 4.69) is 4.98 Å². The first-order valence-corrected chi connectivity index (χ1v) is 10.8. The average Bonchev–Trinajstić information content (AvgIpc) is 3.08. The fourth-order valence-electron chi connectivity index (χ4n) is 4.15. The summed E-state index contributed by atoms with van der Waals surface area (Å²) in [7, 11) is 0. The van der Waals surface area contributed by atoms with Gasteiger partial charge in [-0.2, -0.15) is 0 Å². The van der Waals surface area contributed by atoms with Crippen molar-refractivity contribution in [2.24, 2.45) is 0 Å². The molecule has 1 aliphatic heterocycles. The number of carbonyl (C=O) groups is 1. The van der Waals surface area contributed by atoms with Crippen LogP contribution in [0.5, 0.6) is 5.75 Å². The lowest BCUT2D eigenvalue weighted by Gasteiger charge is -2.32. The number of ether oxygens (including phenoxy) is 1. The van der Waals surface area contributed by atoms with Crippen LogP contribution in [0, 0.1) is 6.92 Å². The summed E-state index contributed by atoms with van der Waals surface area (Å²) >= 11 is 5.96. The minimum Gasteiger partial charge on any atom is -0.493 e. The third kappa shape index (κ3) is 4.38. The van der Waals surface area contributed by atoms with E-state index in [0.717, 1.165) is 35.2 Å². The first kappa shape index (κ1) is 20.5. The van der Waals surface area contributed by atoms with E-state index in [4.69, 9.17) is 16.3 Å². The smallest absolute Gasteiger partial charge is 0.326 e. The predicted molar refractivity (Wildman–Crippen MR) is 118 cm³/mol. The van der Waals surface area contributed by atoms with Gasteiger partial charge < -0.3 is 14.6 Å². The van der Waals surface area contributed by atoms with Gasteiger partial charge in [0, 0.05) is 30.6 Å². The maximum Gasteiger partial charge on any atom is 0.326 e. The number of carbonyl (C=O) groups excluding carboxylic acids is 1. The third-order valence-electron chi connectivity index (χ3n) is 5.74. The lowest BCUT2D eigenvalue weighted by molar-refractivity contribution is -0.132. The van der Waals surface area contributed by atoms with Gasteiger partial charge in [0.05, 0.1) is 17.6 Å². The number of hydrogen-bond donors (Lipinski definition) is 1. The molecule has 1 amide bonds. The molecule has 6 nitrogen and oxygen atoms in total. The molecule has 0 radical (unpaired) electrons. The van der Waals surface area contributed by atoms with Crippen molar-refractivity contribution in [1.82, 2.24) is 14.5 Å². The Hall–Kier alpha value is -2.73. The Morgan fingerprint density at radius 2 is 1.97 bits per heavy atom. The maximum atomic E-state index is 12.6. The van der Waals surface area contributed by atoms with E-state index in [0.29, 0.717) is 37.6 Å². The fraction of sp³-hybridized carbons (Fsp3) is 0.391. The molecule has 0 saturated carbocycles. The second-order valence-electron chi connectivity index (χ2n) is 7.79. The molecule has 1 N–H and O–H groups in total. The maximum absolute atomic E-state index is 12.6. The van der Waals surface area contributed by atoms with Crippen molar-refractivity contribution < 1.29 is 9.53 Å². The van der Waals surface area contributed by atoms with Crippen LogP contribution in [-0.4, -0.2) is 40.1 Å². The van der Waals surface area contributed by atoms with Crippen LogP contribution < -0.4 is 10.4 Å². The number of H-pyrrole nitrogens is 1. The van der Waals surface area contributed by atoms with Crippen molar-refractivity contribution in [3.63, 3.8) is 0 Å². The van der Waals surface area contributed by atoms with Crippen LogP contribution in [0.1, 0.15) is 37.3 Å². The highest BCUT2D eigenvalue weighted by Gasteiger charge is 2.25. The summed E-state index contributed by atoms with van der Waals surface area (Å²) in [5, 5.41) is 0.688. The number of nitrogens with zero attached hydrogens (tertiary/aromatic N) is 2. The van der Waals surface area contributed by atoms with Gasteiger partial charge in [-0.15, -0.1) is 0 Å². The molecule has 0 atom stereocenters. The van der Waals surface area contributed by atoms with Gasteiger partial charge in [-0.3, -0.25) is 9.36 Å². The molecule has 30 heavy (non-hydrogen) atoms. The second kappa shape index (κ2) is 8.96. The Bertz CT molecular complexity index is 1100. The standard InChI is InChI=1S/C23H26ClN3O3/c1-16-15-17(24)8-9-21(16)30-14-4-7-22(28)26-12-10-18(11-13-26)27-20-6-3-2-5-19(20)25-23(27)29/h2-3,5-6,8-9,15,18H,4,7,10-14H2,1H3,(H,25,29). The zero-order chi connectivity index (χ0) is 21.1. The molecule has 3 aromatic rings. The van der Waals surface area contributed by atoms with E-state index >= 15 is 0 Å². The van der Waals surface area contributed by atoms with Crippen molar-refractivity contribution >= 4 is 28.5 Å². The zero-order valence-electron chi connectivity index (χ0n) is 17.1. The zero-order valence-corrected chi connectivity index (χ0v) is 17.8. The fourth-order valence-corrected chi connectivity index (χ4v) is 4.38. The second-order valence-corrected chi connectivity index (χ2v) is 8.23. The van der Waals surface area contributed by atoms with E-state index in [9.17, 15) is 9.59 Å². The Kier molecular flexibility index (Phi) is 6.13. The number of fused-ring (bicyclic) bond motifs is 1. The van der Waals surface area contributed by atoms with Crippen LogP contribution >= 0.6 is 11.6 Å². The number of likely N-dealkylation sites (tertiary alicyclic amines) is 1. The summed E-state index contributed by atoms with van der Waals surface area (Å²) in [6, 6.07) is 13.4. The van der Waals surface area contributed by atoms with Crippen molar-refractivity contribution in [3.8, 4) is 5.75 Å². The molecular weight excluding hydrogens is 402 g/mol. The normalized spacial score (nSPS) is 14.9. The summed E-state index contributed by atoms with van der Waals surface area (Å²) < 4.78 is 7.63. The Labute approximate surface area is 180 Å². The molecule has 1 aliphatic rings. The number of halogens is 1. The lowest BCUT2D eigenvalue weighted by Crippen LogP contribution is -2.40. The first-order chi connectivity index (χ1) is 14.5. The molecule has 1 fully saturated rings. The summed E-state index contributed by atoms with van der Waals surface area (Å²) in [6.45, 7) is 3.80. The highest BCUT2D eigenvalue weighted by molar-refractivity contribution is 6.30. The van der Waals surface area contributed by atoms with Gasteiger partial charge in [-0.1, -0.05) is 23.7 Å². The van der Waals surface area contributed by atoms with Gasteiger partial charge in [0.1, 0.15) is 5.75 Å². The number of aryl methyl sites for hydroxylation is 1. The molecule has 1 saturated heterocycles. The Morgan fingerprint density at radius 1 is 1.20 bits per heavy atom. The third-order valence-corrected chi connectivity index (χ3v) is 5.97. The number of nitrogens with one attached hydrogen (secondary N) is 1. The van der Waals surface area contributed by atoms with Gasteiger partial charge >= 0.3 is 5.69 Å². The SMILES string of the molecule is Cc1cc(Cl)ccc1OCCCC(=O)N1CCC(n2c(=O)[nH]c3ccccc32)CC1. The quantitative estimate of drug-likeness (QED) is 0.596. The lowest BCUT2D eigenvalue weighted by atomic mass is 10.0. The van der Waals surface area contributed by atoms with Crippen molar-refractivity contribution in [2.45, 2.75) is 38.6 Å². The first-order valence-electron chi connectivity index (χ1n) is 10.4. The van der Waals surface area contributed by atoms with Crippen LogP contribution in [0.4, 0.5) is 0 Å². The van der Waals surface area contributed by atoms with Gasteiger partial charge in [-0.25, -0.2) is 4.79 Å². The van der Waals surface area contributed by atoms with Gasteiger partial charge in [0.2, 0.25) is 5.91 Å². The highest BCUT2D eigenvalue weighted by atomic mass is 35.5. The number of imidazole rings is 1. The van der Waals surface area contributed by atoms with Crippen LogP contribution in [0.2, 0.25) is 5.02 Å². The van der Waals surface area contributed by atoms with Gasteiger partial charge in [-0.05, 0) is 62.1 Å². The van der Waals surface area contributed by atoms with Crippen molar-refractivity contribution in [2.75, 3.05) is 19.7 Å². The molecule has 7 heteroatoms. The number of piperidine rings is 1. The van der Waals surface area contributed by atoms with E-state index in [1.54, 1.807) is 6.07 Å². The van der Waals surface area contributed by atoms with E-state index in [1.165, 1.54) is 0 Å². The molecule has 158 valence electrons. The van der Waals surface area contributed by atoms with E-state index in [-0.39, 0.29) is 17.6 Å². The minimum atomic E-state index is -0.0735. The number of rotatable bonds is 6. The van der Waals surface area contributed by atoms with Gasteiger partial charge in [0.15, 0.2) is 0 Å². The Balaban J connectivity index is 1.26. The number of benzene rings is 2. The van der Waals surface area contributed by atoms with E-state index < -0.39 is 0 Å². The highest BCUT2D eigenvalue weighted by Crippen LogP contribution is 2.25. The molecule has 1 aromatic heterocycles. The summed E-state index contributed by atoms with van der Waals surface area (Å²) in [5.74, 6) is 0.952. The molecule has 0 bridgehead atoms. The van der Waals surface area contributed by atoms with Crippen LogP contribution in [0.25, 0.3) is 11.0 Å². The Morgan fingerprint density at radius 3 is 2.73 bits per heavy atom.